The number of hydrogen-bond acceptors (Lipinski definition) is 3. The molecule has 0 bridgehead atoms. The molecule has 1 aliphatic carbocycles. The average molecular weight is 238 g/mol. The summed E-state index contributed by atoms with van der Waals surface area (Å²) in [6.45, 7) is 3.43. The molecule has 0 radical (unpaired) electrons. The Balaban J connectivity index is 1.65. The summed E-state index contributed by atoms with van der Waals surface area (Å²) >= 11 is 1.78. The number of thiazole rings is 1. The molecule has 3 heteroatoms. The summed E-state index contributed by atoms with van der Waals surface area (Å²) in [5.74, 6) is 0.980. The van der Waals surface area contributed by atoms with Crippen LogP contribution in [0, 0.1) is 5.92 Å². The molecule has 1 N–H and O–H groups in total. The van der Waals surface area contributed by atoms with E-state index in [1.54, 1.807) is 11.3 Å². The number of aryl methyl sites for hydroxylation is 1. The van der Waals surface area contributed by atoms with E-state index in [1.807, 2.05) is 11.7 Å². The maximum atomic E-state index is 4.12. The van der Waals surface area contributed by atoms with Gasteiger partial charge in [-0.2, -0.15) is 0 Å². The zero-order chi connectivity index (χ0) is 11.2. The molecule has 1 aliphatic rings. The van der Waals surface area contributed by atoms with Gasteiger partial charge in [0.05, 0.1) is 5.51 Å². The van der Waals surface area contributed by atoms with Gasteiger partial charge in [-0.1, -0.05) is 6.92 Å². The van der Waals surface area contributed by atoms with Crippen LogP contribution in [-0.2, 0) is 6.42 Å². The Morgan fingerprint density at radius 1 is 1.56 bits per heavy atom. The first-order chi connectivity index (χ1) is 7.90. The predicted molar refractivity (Wildman–Crippen MR) is 69.9 cm³/mol. The molecule has 2 rings (SSSR count). The van der Waals surface area contributed by atoms with Gasteiger partial charge in [0, 0.05) is 17.1 Å². The smallest absolute Gasteiger partial charge is 0.0794 e. The molecular formula is C13H22N2S. The SMILES string of the molecule is CCCNC(CCCc1cncs1)C1CC1. The van der Waals surface area contributed by atoms with Crippen LogP contribution in [0.15, 0.2) is 11.7 Å². The van der Waals surface area contributed by atoms with Crippen molar-refractivity contribution in [3.63, 3.8) is 0 Å². The molecule has 1 heterocycles. The number of nitrogens with zero attached hydrogens (tertiary/aromatic N) is 1. The van der Waals surface area contributed by atoms with E-state index < -0.39 is 0 Å². The Labute approximate surface area is 102 Å². The van der Waals surface area contributed by atoms with E-state index in [4.69, 9.17) is 0 Å². The second-order valence-electron chi connectivity index (χ2n) is 4.76. The molecule has 0 saturated heterocycles. The monoisotopic (exact) mass is 238 g/mol. The minimum atomic E-state index is 0.785. The fourth-order valence-corrected chi connectivity index (χ4v) is 2.84. The molecule has 1 saturated carbocycles. The van der Waals surface area contributed by atoms with Crippen molar-refractivity contribution in [2.75, 3.05) is 6.54 Å². The molecule has 1 unspecified atom stereocenters. The summed E-state index contributed by atoms with van der Waals surface area (Å²) in [4.78, 5) is 5.56. The maximum Gasteiger partial charge on any atom is 0.0794 e. The number of hydrogen-bond donors (Lipinski definition) is 1. The van der Waals surface area contributed by atoms with Crippen molar-refractivity contribution < 1.29 is 0 Å². The zero-order valence-electron chi connectivity index (χ0n) is 10.1. The van der Waals surface area contributed by atoms with Gasteiger partial charge < -0.3 is 5.32 Å². The lowest BCUT2D eigenvalue weighted by Gasteiger charge is -2.17. The van der Waals surface area contributed by atoms with Crippen molar-refractivity contribution in [3.05, 3.63) is 16.6 Å². The van der Waals surface area contributed by atoms with Crippen molar-refractivity contribution >= 4 is 11.3 Å². The van der Waals surface area contributed by atoms with Crippen LogP contribution in [0.25, 0.3) is 0 Å². The molecular weight excluding hydrogens is 216 g/mol. The quantitative estimate of drug-likeness (QED) is 0.752. The minimum absolute atomic E-state index is 0.785. The second kappa shape index (κ2) is 6.36. The molecule has 1 aromatic heterocycles. The summed E-state index contributed by atoms with van der Waals surface area (Å²) in [6.07, 6.45) is 10.0. The Bertz CT molecular complexity index is 280. The lowest BCUT2D eigenvalue weighted by atomic mass is 10.0. The first kappa shape index (κ1) is 12.1. The molecule has 0 aliphatic heterocycles. The number of nitrogens with one attached hydrogen (secondary N) is 1. The van der Waals surface area contributed by atoms with Crippen LogP contribution in [0.4, 0.5) is 0 Å². The first-order valence-electron chi connectivity index (χ1n) is 6.51. The van der Waals surface area contributed by atoms with Gasteiger partial charge in [0.25, 0.3) is 0 Å². The highest BCUT2D eigenvalue weighted by atomic mass is 32.1. The minimum Gasteiger partial charge on any atom is -0.314 e. The standard InChI is InChI=1S/C13H22N2S/c1-2-8-15-13(11-6-7-11)5-3-4-12-9-14-10-16-12/h9-11,13,15H,2-8H2,1H3. The number of aromatic nitrogens is 1. The van der Waals surface area contributed by atoms with Crippen molar-refractivity contribution in [2.45, 2.75) is 51.5 Å². The molecule has 1 aromatic rings. The summed E-state index contributed by atoms with van der Waals surface area (Å²) in [5.41, 5.74) is 1.93. The highest BCUT2D eigenvalue weighted by Gasteiger charge is 2.29. The van der Waals surface area contributed by atoms with E-state index in [9.17, 15) is 0 Å². The maximum absolute atomic E-state index is 4.12. The van der Waals surface area contributed by atoms with Crippen LogP contribution in [0.1, 0.15) is 43.9 Å². The van der Waals surface area contributed by atoms with Gasteiger partial charge in [0.2, 0.25) is 0 Å². The lowest BCUT2D eigenvalue weighted by Crippen LogP contribution is -2.31. The third kappa shape index (κ3) is 3.87. The summed E-state index contributed by atoms with van der Waals surface area (Å²) in [7, 11) is 0. The van der Waals surface area contributed by atoms with Gasteiger partial charge >= 0.3 is 0 Å². The Morgan fingerprint density at radius 3 is 3.06 bits per heavy atom. The second-order valence-corrected chi connectivity index (χ2v) is 5.73. The van der Waals surface area contributed by atoms with E-state index in [-0.39, 0.29) is 0 Å². The Hall–Kier alpha value is -0.410. The summed E-state index contributed by atoms with van der Waals surface area (Å²) in [5, 5.41) is 3.70. The fourth-order valence-electron chi connectivity index (χ4n) is 2.19. The van der Waals surface area contributed by atoms with E-state index in [0.29, 0.717) is 0 Å². The largest absolute Gasteiger partial charge is 0.314 e. The number of rotatable bonds is 8. The molecule has 0 amide bonds. The van der Waals surface area contributed by atoms with Crippen molar-refractivity contribution in [2.24, 2.45) is 5.92 Å². The van der Waals surface area contributed by atoms with Crippen LogP contribution < -0.4 is 5.32 Å². The molecule has 90 valence electrons. The molecule has 0 spiro atoms. The highest BCUT2D eigenvalue weighted by molar-refractivity contribution is 7.09. The highest BCUT2D eigenvalue weighted by Crippen LogP contribution is 2.34. The van der Waals surface area contributed by atoms with Crippen LogP contribution in [-0.4, -0.2) is 17.6 Å². The topological polar surface area (TPSA) is 24.9 Å². The fraction of sp³-hybridized carbons (Fsp3) is 0.769. The molecule has 1 fully saturated rings. The van der Waals surface area contributed by atoms with Gasteiger partial charge in [-0.05, 0) is 51.0 Å². The zero-order valence-corrected chi connectivity index (χ0v) is 10.9. The van der Waals surface area contributed by atoms with E-state index in [0.717, 1.165) is 12.0 Å². The molecule has 1 atom stereocenters. The Morgan fingerprint density at radius 2 is 2.44 bits per heavy atom. The van der Waals surface area contributed by atoms with Gasteiger partial charge in [-0.25, -0.2) is 0 Å². The average Bonchev–Trinajstić information content (AvgIpc) is 3.01. The van der Waals surface area contributed by atoms with Crippen LogP contribution in [0.2, 0.25) is 0 Å². The molecule has 2 nitrogen and oxygen atoms in total. The first-order valence-corrected chi connectivity index (χ1v) is 7.39. The van der Waals surface area contributed by atoms with Crippen LogP contribution in [0.3, 0.4) is 0 Å². The predicted octanol–water partition coefficient (Wildman–Crippen LogP) is 3.24. The molecule has 0 aromatic carbocycles. The van der Waals surface area contributed by atoms with E-state index in [2.05, 4.69) is 17.2 Å². The van der Waals surface area contributed by atoms with Crippen molar-refractivity contribution in [1.82, 2.24) is 10.3 Å². The third-order valence-corrected chi connectivity index (χ3v) is 4.11. The third-order valence-electron chi connectivity index (χ3n) is 3.27. The van der Waals surface area contributed by atoms with Gasteiger partial charge in [-0.15, -0.1) is 11.3 Å². The Kier molecular flexibility index (Phi) is 4.79. The van der Waals surface area contributed by atoms with Crippen LogP contribution >= 0.6 is 11.3 Å². The van der Waals surface area contributed by atoms with E-state index in [1.165, 1.54) is 49.9 Å². The van der Waals surface area contributed by atoms with Gasteiger partial charge in [-0.3, -0.25) is 4.98 Å². The van der Waals surface area contributed by atoms with Gasteiger partial charge in [0.1, 0.15) is 0 Å². The van der Waals surface area contributed by atoms with Gasteiger partial charge in [0.15, 0.2) is 0 Å². The summed E-state index contributed by atoms with van der Waals surface area (Å²) < 4.78 is 0. The lowest BCUT2D eigenvalue weighted by molar-refractivity contribution is 0.425. The van der Waals surface area contributed by atoms with Crippen LogP contribution in [0.5, 0.6) is 0 Å². The molecule has 16 heavy (non-hydrogen) atoms. The summed E-state index contributed by atoms with van der Waals surface area (Å²) in [6, 6.07) is 0.785. The van der Waals surface area contributed by atoms with Crippen molar-refractivity contribution in [3.8, 4) is 0 Å². The normalized spacial score (nSPS) is 17.6. The van der Waals surface area contributed by atoms with E-state index >= 15 is 0 Å². The van der Waals surface area contributed by atoms with Crippen molar-refractivity contribution in [1.29, 1.82) is 0 Å².